The predicted octanol–water partition coefficient (Wildman–Crippen LogP) is 17.2. The molecule has 26 heteroatoms. The monoisotopic (exact) mass is 1650 g/mol. The third-order valence-electron chi connectivity index (χ3n) is 18.5. The fourth-order valence-electron chi connectivity index (χ4n) is 11.2. The highest BCUT2D eigenvalue weighted by Gasteiger charge is 2.42. The average molecular weight is 1650 g/mol. The molecule has 0 aliphatic rings. The smallest absolute Gasteiger partial charge is 0.338 e. The number of ether oxygens (including phenoxy) is 12. The summed E-state index contributed by atoms with van der Waals surface area (Å²) in [6.45, 7) is 8.58. The molecule has 0 amide bonds. The van der Waals surface area contributed by atoms with Gasteiger partial charge >= 0.3 is 71.6 Å². The molecule has 120 heavy (non-hydrogen) atoms. The number of carbonyl (C=O) groups excluding carboxylic acids is 12. The van der Waals surface area contributed by atoms with Crippen LogP contribution in [0.15, 0.2) is 158 Å². The van der Waals surface area contributed by atoms with Crippen LogP contribution in [0, 0.1) is 10.8 Å². The lowest BCUT2D eigenvalue weighted by molar-refractivity contribution is -0.150. The van der Waals surface area contributed by atoms with Gasteiger partial charge in [0, 0.05) is 41.7 Å². The van der Waals surface area contributed by atoms with E-state index >= 15 is 9.59 Å². The molecule has 6 aromatic rings. The minimum atomic E-state index is -2.09. The number of hydrogen-bond donors (Lipinski definition) is 2. The van der Waals surface area contributed by atoms with Crippen LogP contribution in [0.3, 0.4) is 0 Å². The zero-order valence-electron chi connectivity index (χ0n) is 69.5. The molecule has 0 bridgehead atoms. The van der Waals surface area contributed by atoms with E-state index in [9.17, 15) is 47.9 Å². The van der Waals surface area contributed by atoms with Crippen molar-refractivity contribution < 1.29 is 114 Å². The molecule has 0 aromatic heterocycles. The van der Waals surface area contributed by atoms with Crippen molar-refractivity contribution >= 4 is 107 Å². The van der Waals surface area contributed by atoms with Gasteiger partial charge in [-0.3, -0.25) is 9.59 Å². The quantitative estimate of drug-likeness (QED) is 0.00894. The van der Waals surface area contributed by atoms with Crippen molar-refractivity contribution in [1.82, 2.24) is 0 Å². The second kappa shape index (κ2) is 53.1. The van der Waals surface area contributed by atoms with Gasteiger partial charge in [0.05, 0.1) is 73.0 Å². The van der Waals surface area contributed by atoms with Crippen molar-refractivity contribution in [2.45, 2.75) is 170 Å². The maximum absolute atomic E-state index is 15.0. The summed E-state index contributed by atoms with van der Waals surface area (Å²) in [6.07, 6.45) is 27.7. The standard InChI is InChI=1S/C94H112N2O24/c1-7-11-15-21-51-109-81(97)47-35-67-27-39-71(40-28-67)85(101)115-63-93(5,64-116-86(102)72-41-29-68(30-42-72)36-48-82(98)110-52-22-16-12-8-2)91(107)119-79-59-76(90(106)114-56-26-20-19-25-55-113-89(105)75-57-77(95)61-78(96)58-75)60-80(62-79)120-92(108)94(6,65-117-87(103)73-43-31-69(32-44-73)37-49-83(99)111-53-23-17-13-9-3)66-118-88(104)74-45-33-70(34-46-74)38-50-84(100)112-54-24-18-14-10-4/h27-50,57-62H,7-26,51-56,63-66,95-96H2,1-6H3/b47-35+,48-36+,49-37+,50-38+. The molecule has 0 atom stereocenters. The van der Waals surface area contributed by atoms with Crippen molar-refractivity contribution in [2.75, 3.05) is 77.5 Å². The van der Waals surface area contributed by atoms with Gasteiger partial charge in [0.25, 0.3) is 0 Å². The van der Waals surface area contributed by atoms with Crippen molar-refractivity contribution in [1.29, 1.82) is 0 Å². The van der Waals surface area contributed by atoms with Gasteiger partial charge in [0.2, 0.25) is 0 Å². The predicted molar refractivity (Wildman–Crippen MR) is 452 cm³/mol. The summed E-state index contributed by atoms with van der Waals surface area (Å²) in [5.74, 6) is -10.9. The summed E-state index contributed by atoms with van der Waals surface area (Å²) >= 11 is 0. The zero-order chi connectivity index (χ0) is 86.9. The van der Waals surface area contributed by atoms with Gasteiger partial charge in [-0.1, -0.05) is 153 Å². The lowest BCUT2D eigenvalue weighted by atomic mass is 9.93. The van der Waals surface area contributed by atoms with Crippen LogP contribution in [-0.2, 0) is 76.1 Å². The molecule has 0 heterocycles. The van der Waals surface area contributed by atoms with E-state index in [0.29, 0.717) is 59.3 Å². The van der Waals surface area contributed by atoms with Crippen LogP contribution < -0.4 is 20.9 Å². The van der Waals surface area contributed by atoms with Gasteiger partial charge in [0.1, 0.15) is 48.8 Å². The van der Waals surface area contributed by atoms with Crippen LogP contribution in [0.4, 0.5) is 11.4 Å². The Labute approximate surface area is 701 Å². The highest BCUT2D eigenvalue weighted by Crippen LogP contribution is 2.32. The van der Waals surface area contributed by atoms with Crippen molar-refractivity contribution in [3.05, 3.63) is 213 Å². The van der Waals surface area contributed by atoms with E-state index in [1.54, 1.807) is 48.5 Å². The lowest BCUT2D eigenvalue weighted by Gasteiger charge is -2.27. The topological polar surface area (TPSA) is 368 Å². The number of benzene rings is 6. The molecule has 0 radical (unpaired) electrons. The number of anilines is 2. The van der Waals surface area contributed by atoms with Crippen LogP contribution in [0.5, 0.6) is 11.5 Å². The summed E-state index contributed by atoms with van der Waals surface area (Å²) in [6, 6.07) is 31.4. The summed E-state index contributed by atoms with van der Waals surface area (Å²) in [7, 11) is 0. The van der Waals surface area contributed by atoms with Gasteiger partial charge in [-0.25, -0.2) is 47.9 Å². The first-order chi connectivity index (χ1) is 57.8. The van der Waals surface area contributed by atoms with Crippen LogP contribution >= 0.6 is 0 Å². The van der Waals surface area contributed by atoms with Gasteiger partial charge in [-0.2, -0.15) is 0 Å². The summed E-state index contributed by atoms with van der Waals surface area (Å²) < 4.78 is 67.4. The van der Waals surface area contributed by atoms with Gasteiger partial charge in [-0.15, -0.1) is 0 Å². The van der Waals surface area contributed by atoms with E-state index < -0.39 is 120 Å². The van der Waals surface area contributed by atoms with E-state index in [1.807, 2.05) is 0 Å². The average Bonchev–Trinajstić information content (AvgIpc) is 0.812. The number of rotatable bonds is 53. The molecule has 26 nitrogen and oxygen atoms in total. The zero-order valence-corrected chi connectivity index (χ0v) is 69.5. The van der Waals surface area contributed by atoms with Crippen LogP contribution in [0.2, 0.25) is 0 Å². The molecule has 0 spiro atoms. The highest BCUT2D eigenvalue weighted by atomic mass is 16.6. The fraction of sp³-hybridized carbons (Fsp3) is 0.404. The third kappa shape index (κ3) is 36.2. The molecule has 0 saturated carbocycles. The minimum absolute atomic E-state index is 0.0162. The Balaban J connectivity index is 1.30. The first-order valence-corrected chi connectivity index (χ1v) is 40.9. The Morgan fingerprint density at radius 1 is 0.267 bits per heavy atom. The largest absolute Gasteiger partial charge is 0.463 e. The van der Waals surface area contributed by atoms with Crippen molar-refractivity contribution in [2.24, 2.45) is 10.8 Å². The number of esters is 12. The van der Waals surface area contributed by atoms with Gasteiger partial charge in [0.15, 0.2) is 0 Å². The Morgan fingerprint density at radius 2 is 0.492 bits per heavy atom. The molecule has 6 aromatic carbocycles. The number of nitrogens with two attached hydrogens (primary N) is 2. The molecule has 6 rings (SSSR count). The number of unbranched alkanes of at least 4 members (excludes halogenated alkanes) is 15. The summed E-state index contributed by atoms with van der Waals surface area (Å²) in [4.78, 5) is 162. The molecule has 0 aliphatic heterocycles. The maximum Gasteiger partial charge on any atom is 0.338 e. The molecule has 0 saturated heterocycles. The Hall–Kier alpha value is -12.5. The summed E-state index contributed by atoms with van der Waals surface area (Å²) in [5, 5.41) is 0. The number of hydrogen-bond acceptors (Lipinski definition) is 26. The SMILES string of the molecule is CCCCCCOC(=O)/C=C/c1ccc(C(=O)OCC(C)(COC(=O)c2ccc(/C=C/C(=O)OCCCCCC)cc2)C(=O)Oc2cc(OC(=O)C(C)(COC(=O)c3ccc(/C=C/C(=O)OCCCCCC)cc3)COC(=O)c3ccc(/C=C/C(=O)OCCCCCC)cc3)cc(C(=O)OCCCCCCOC(=O)c3cc(N)cc(N)c3)c2)cc1. The molecular formula is C94H112N2O24. The van der Waals surface area contributed by atoms with Crippen molar-refractivity contribution in [3.8, 4) is 11.5 Å². The molecule has 0 fully saturated rings. The molecule has 642 valence electrons. The minimum Gasteiger partial charge on any atom is -0.463 e. The second-order valence-electron chi connectivity index (χ2n) is 29.2. The van der Waals surface area contributed by atoms with E-state index in [1.165, 1.54) is 129 Å². The number of carbonyl (C=O) groups is 12. The fourth-order valence-corrected chi connectivity index (χ4v) is 11.2. The number of nitrogen functional groups attached to an aromatic ring is 2. The van der Waals surface area contributed by atoms with E-state index in [2.05, 4.69) is 27.7 Å². The molecule has 0 aliphatic carbocycles. The van der Waals surface area contributed by atoms with Crippen molar-refractivity contribution in [3.63, 3.8) is 0 Å². The van der Waals surface area contributed by atoms with E-state index in [4.69, 9.17) is 68.3 Å². The third-order valence-corrected chi connectivity index (χ3v) is 18.5. The molecule has 0 unspecified atom stereocenters. The van der Waals surface area contributed by atoms with Crippen LogP contribution in [-0.4, -0.2) is 138 Å². The Morgan fingerprint density at radius 3 is 0.742 bits per heavy atom. The second-order valence-corrected chi connectivity index (χ2v) is 29.2. The maximum atomic E-state index is 15.0. The molecular weight excluding hydrogens is 1540 g/mol. The van der Waals surface area contributed by atoms with E-state index in [0.717, 1.165) is 121 Å². The highest BCUT2D eigenvalue weighted by molar-refractivity contribution is 5.96. The normalized spacial score (nSPS) is 11.4. The van der Waals surface area contributed by atoms with Crippen LogP contribution in [0.1, 0.15) is 254 Å². The van der Waals surface area contributed by atoms with Gasteiger partial charge < -0.3 is 68.3 Å². The van der Waals surface area contributed by atoms with E-state index in [-0.39, 0.29) is 73.0 Å². The summed E-state index contributed by atoms with van der Waals surface area (Å²) in [5.41, 5.74) is 10.2. The lowest BCUT2D eigenvalue weighted by Crippen LogP contribution is -2.42. The Kier molecular flexibility index (Phi) is 42.6. The van der Waals surface area contributed by atoms with Crippen LogP contribution in [0.25, 0.3) is 24.3 Å². The first kappa shape index (κ1) is 96.4. The molecule has 4 N–H and O–H groups in total. The Bertz CT molecular complexity index is 4020. The first-order valence-electron chi connectivity index (χ1n) is 40.9. The van der Waals surface area contributed by atoms with Gasteiger partial charge in [-0.05, 0) is 191 Å².